The third kappa shape index (κ3) is 4.62. The zero-order valence-corrected chi connectivity index (χ0v) is 11.3. The van der Waals surface area contributed by atoms with Crippen LogP contribution in [0.1, 0.15) is 20.3 Å². The van der Waals surface area contributed by atoms with E-state index in [1.807, 2.05) is 6.92 Å². The first-order valence-corrected chi connectivity index (χ1v) is 7.88. The highest BCUT2D eigenvalue weighted by Crippen LogP contribution is 2.11. The second kappa shape index (κ2) is 6.34. The van der Waals surface area contributed by atoms with Gasteiger partial charge in [0.25, 0.3) is 0 Å². The number of hydrogen-bond acceptors (Lipinski definition) is 5. The summed E-state index contributed by atoms with van der Waals surface area (Å²) in [6, 6.07) is 2.02. The Morgan fingerprint density at radius 2 is 2.29 bits per heavy atom. The van der Waals surface area contributed by atoms with Gasteiger partial charge in [0.05, 0.1) is 17.6 Å². The highest BCUT2D eigenvalue weighted by atomic mass is 32.2. The summed E-state index contributed by atoms with van der Waals surface area (Å²) >= 11 is 0. The third-order valence-electron chi connectivity index (χ3n) is 3.02. The minimum Gasteiger partial charge on any atom is -0.301 e. The molecule has 6 heteroatoms. The Labute approximate surface area is 104 Å². The molecule has 1 aliphatic rings. The molecule has 0 spiro atoms. The van der Waals surface area contributed by atoms with Crippen molar-refractivity contribution in [2.45, 2.75) is 32.4 Å². The fraction of sp³-hybridized carbons (Fsp3) is 0.909. The van der Waals surface area contributed by atoms with E-state index in [1.165, 1.54) is 0 Å². The largest absolute Gasteiger partial charge is 0.301 e. The molecule has 0 saturated carbocycles. The van der Waals surface area contributed by atoms with Crippen LogP contribution < -0.4 is 5.32 Å². The van der Waals surface area contributed by atoms with Gasteiger partial charge in [-0.25, -0.2) is 8.42 Å². The van der Waals surface area contributed by atoms with Gasteiger partial charge in [-0.05, 0) is 19.9 Å². The van der Waals surface area contributed by atoms with Crippen LogP contribution in [0.4, 0.5) is 0 Å². The van der Waals surface area contributed by atoms with E-state index in [4.69, 9.17) is 5.26 Å². The Bertz CT molecular complexity index is 375. The lowest BCUT2D eigenvalue weighted by molar-refractivity contribution is 0.214. The van der Waals surface area contributed by atoms with E-state index in [0.717, 1.165) is 13.0 Å². The van der Waals surface area contributed by atoms with E-state index in [1.54, 1.807) is 0 Å². The normalized spacial score (nSPS) is 26.3. The topological polar surface area (TPSA) is 73.2 Å². The molecule has 0 radical (unpaired) electrons. The molecule has 2 atom stereocenters. The molecule has 1 rings (SSSR count). The van der Waals surface area contributed by atoms with E-state index in [-0.39, 0.29) is 23.6 Å². The average Bonchev–Trinajstić information content (AvgIpc) is 2.26. The fourth-order valence-electron chi connectivity index (χ4n) is 2.01. The maximum atomic E-state index is 11.4. The molecule has 0 aromatic heterocycles. The van der Waals surface area contributed by atoms with Gasteiger partial charge in [-0.1, -0.05) is 6.92 Å². The van der Waals surface area contributed by atoms with Gasteiger partial charge in [0, 0.05) is 19.1 Å². The number of hydrogen-bond donors (Lipinski definition) is 1. The quantitative estimate of drug-likeness (QED) is 0.752. The highest BCUT2D eigenvalue weighted by Gasteiger charge is 2.29. The molecule has 0 aromatic rings. The smallest absolute Gasteiger partial charge is 0.153 e. The summed E-state index contributed by atoms with van der Waals surface area (Å²) in [7, 11) is -2.87. The number of rotatable bonds is 5. The van der Waals surface area contributed by atoms with E-state index < -0.39 is 9.84 Å². The monoisotopic (exact) mass is 259 g/mol. The van der Waals surface area contributed by atoms with Gasteiger partial charge in [-0.2, -0.15) is 5.26 Å². The van der Waals surface area contributed by atoms with Crippen LogP contribution in [0.2, 0.25) is 0 Å². The van der Waals surface area contributed by atoms with Crippen molar-refractivity contribution < 1.29 is 8.42 Å². The maximum absolute atomic E-state index is 11.4. The van der Waals surface area contributed by atoms with Crippen LogP contribution in [0.3, 0.4) is 0 Å². The molecule has 0 aliphatic carbocycles. The number of nitrogens with one attached hydrogen (secondary N) is 1. The van der Waals surface area contributed by atoms with Gasteiger partial charge in [0.1, 0.15) is 6.04 Å². The number of nitriles is 1. The van der Waals surface area contributed by atoms with Crippen molar-refractivity contribution in [1.82, 2.24) is 10.2 Å². The number of nitrogens with zero attached hydrogens (tertiary/aromatic N) is 2. The summed E-state index contributed by atoms with van der Waals surface area (Å²) in [5.41, 5.74) is 0. The van der Waals surface area contributed by atoms with Crippen LogP contribution in [-0.2, 0) is 9.84 Å². The Morgan fingerprint density at radius 3 is 2.82 bits per heavy atom. The van der Waals surface area contributed by atoms with Crippen molar-refractivity contribution >= 4 is 9.84 Å². The van der Waals surface area contributed by atoms with E-state index in [9.17, 15) is 8.42 Å². The summed E-state index contributed by atoms with van der Waals surface area (Å²) < 4.78 is 22.9. The fourth-order valence-corrected chi connectivity index (χ4v) is 3.63. The molecular weight excluding hydrogens is 238 g/mol. The summed E-state index contributed by atoms with van der Waals surface area (Å²) in [4.78, 5) is 2.08. The molecule has 2 unspecified atom stereocenters. The molecule has 5 nitrogen and oxygen atoms in total. The first-order valence-electron chi connectivity index (χ1n) is 6.06. The molecule has 0 aromatic carbocycles. The first kappa shape index (κ1) is 14.4. The molecule has 17 heavy (non-hydrogen) atoms. The lowest BCUT2D eigenvalue weighted by Gasteiger charge is -2.34. The average molecular weight is 259 g/mol. The molecule has 1 N–H and O–H groups in total. The Morgan fingerprint density at radius 1 is 1.59 bits per heavy atom. The second-order valence-corrected chi connectivity index (χ2v) is 6.82. The Kier molecular flexibility index (Phi) is 5.37. The van der Waals surface area contributed by atoms with Crippen LogP contribution in [0, 0.1) is 11.3 Å². The predicted octanol–water partition coefficient (Wildman–Crippen LogP) is -0.00292. The van der Waals surface area contributed by atoms with Crippen LogP contribution in [0.5, 0.6) is 0 Å². The lowest BCUT2D eigenvalue weighted by atomic mass is 10.2. The van der Waals surface area contributed by atoms with Gasteiger partial charge < -0.3 is 5.32 Å². The molecule has 1 saturated heterocycles. The maximum Gasteiger partial charge on any atom is 0.153 e. The van der Waals surface area contributed by atoms with Crippen molar-refractivity contribution in [3.63, 3.8) is 0 Å². The highest BCUT2D eigenvalue weighted by molar-refractivity contribution is 7.91. The molecular formula is C11H21N3O2S. The lowest BCUT2D eigenvalue weighted by Crippen LogP contribution is -2.51. The van der Waals surface area contributed by atoms with E-state index >= 15 is 0 Å². The Hall–Kier alpha value is -0.640. The minimum atomic E-state index is -2.87. The summed E-state index contributed by atoms with van der Waals surface area (Å²) in [6.45, 7) is 5.92. The van der Waals surface area contributed by atoms with Crippen molar-refractivity contribution in [1.29, 1.82) is 5.26 Å². The van der Waals surface area contributed by atoms with Gasteiger partial charge in [0.2, 0.25) is 0 Å². The summed E-state index contributed by atoms with van der Waals surface area (Å²) in [6.07, 6.45) is 0.988. The third-order valence-corrected chi connectivity index (χ3v) is 4.82. The zero-order chi connectivity index (χ0) is 12.9. The van der Waals surface area contributed by atoms with E-state index in [0.29, 0.717) is 13.1 Å². The van der Waals surface area contributed by atoms with Gasteiger partial charge in [0.15, 0.2) is 9.84 Å². The second-order valence-electron chi connectivity index (χ2n) is 4.59. The van der Waals surface area contributed by atoms with Crippen molar-refractivity contribution in [2.24, 2.45) is 0 Å². The minimum absolute atomic E-state index is 0.00743. The van der Waals surface area contributed by atoms with Crippen molar-refractivity contribution in [3.8, 4) is 6.07 Å². The molecule has 0 bridgehead atoms. The number of sulfone groups is 1. The van der Waals surface area contributed by atoms with Gasteiger partial charge in [-0.3, -0.25) is 4.90 Å². The summed E-state index contributed by atoms with van der Waals surface area (Å²) in [5.74, 6) is 0.419. The van der Waals surface area contributed by atoms with E-state index in [2.05, 4.69) is 23.2 Å². The molecule has 98 valence electrons. The van der Waals surface area contributed by atoms with Crippen LogP contribution in [0.15, 0.2) is 0 Å². The summed E-state index contributed by atoms with van der Waals surface area (Å²) in [5, 5.41) is 12.2. The van der Waals surface area contributed by atoms with Crippen molar-refractivity contribution in [2.75, 3.05) is 31.1 Å². The SMILES string of the molecule is CCCNC(C#N)CN1CCS(=O)(=O)CC1C. The van der Waals surface area contributed by atoms with Crippen LogP contribution >= 0.6 is 0 Å². The molecule has 1 aliphatic heterocycles. The predicted molar refractivity (Wildman–Crippen MR) is 67.4 cm³/mol. The van der Waals surface area contributed by atoms with Crippen LogP contribution in [-0.4, -0.2) is 56.5 Å². The van der Waals surface area contributed by atoms with Gasteiger partial charge >= 0.3 is 0 Å². The van der Waals surface area contributed by atoms with Gasteiger partial charge in [-0.15, -0.1) is 0 Å². The van der Waals surface area contributed by atoms with Crippen molar-refractivity contribution in [3.05, 3.63) is 0 Å². The standard InChI is InChI=1S/C11H21N3O2S/c1-3-4-13-11(7-12)8-14-5-6-17(15,16)9-10(14)2/h10-11,13H,3-6,8-9H2,1-2H3. The van der Waals surface area contributed by atoms with Crippen LogP contribution in [0.25, 0.3) is 0 Å². The molecule has 0 amide bonds. The molecule has 1 fully saturated rings. The first-order chi connectivity index (χ1) is 7.98. The Balaban J connectivity index is 2.49. The zero-order valence-electron chi connectivity index (χ0n) is 10.5. The molecule has 1 heterocycles.